The van der Waals surface area contributed by atoms with Gasteiger partial charge >= 0.3 is 0 Å². The van der Waals surface area contributed by atoms with E-state index in [4.69, 9.17) is 0 Å². The lowest BCUT2D eigenvalue weighted by Crippen LogP contribution is -2.56. The van der Waals surface area contributed by atoms with Gasteiger partial charge in [-0.2, -0.15) is 0 Å². The average molecular weight is 458 g/mol. The number of aromatic nitrogens is 1. The molecule has 1 N–H and O–H groups in total. The number of anilines is 3. The van der Waals surface area contributed by atoms with E-state index in [0.29, 0.717) is 17.9 Å². The molecule has 0 unspecified atom stereocenters. The molecule has 1 fully saturated rings. The number of carbonyl (C=O) groups excluding carboxylic acids is 2. The van der Waals surface area contributed by atoms with Crippen molar-refractivity contribution in [3.8, 4) is 0 Å². The summed E-state index contributed by atoms with van der Waals surface area (Å²) < 4.78 is 26.5. The molecule has 9 nitrogen and oxygen atoms in total. The fourth-order valence-corrected chi connectivity index (χ4v) is 5.06. The van der Waals surface area contributed by atoms with Crippen LogP contribution in [-0.4, -0.2) is 62.7 Å². The highest BCUT2D eigenvalue weighted by Gasteiger charge is 2.40. The molecule has 2 aliphatic heterocycles. The van der Waals surface area contributed by atoms with Crippen LogP contribution in [0.2, 0.25) is 0 Å². The fraction of sp³-hybridized carbons (Fsp3) is 0.409. The number of pyridine rings is 1. The third kappa shape index (κ3) is 4.07. The number of benzene rings is 1. The summed E-state index contributed by atoms with van der Waals surface area (Å²) in [5.41, 5.74) is 2.17. The monoisotopic (exact) mass is 457 g/mol. The van der Waals surface area contributed by atoms with Gasteiger partial charge in [-0.25, -0.2) is 17.7 Å². The summed E-state index contributed by atoms with van der Waals surface area (Å²) in [5, 5.41) is 2.72. The Morgan fingerprint density at radius 1 is 1.19 bits per heavy atom. The van der Waals surface area contributed by atoms with Crippen molar-refractivity contribution in [3.63, 3.8) is 0 Å². The van der Waals surface area contributed by atoms with Crippen molar-refractivity contribution >= 4 is 39.0 Å². The van der Waals surface area contributed by atoms with E-state index >= 15 is 0 Å². The second kappa shape index (κ2) is 8.51. The molecule has 0 spiro atoms. The Morgan fingerprint density at radius 2 is 1.97 bits per heavy atom. The van der Waals surface area contributed by atoms with Gasteiger partial charge in [0.15, 0.2) is 0 Å². The van der Waals surface area contributed by atoms with Gasteiger partial charge in [-0.15, -0.1) is 0 Å². The van der Waals surface area contributed by atoms with Gasteiger partial charge in [0.1, 0.15) is 18.4 Å². The lowest BCUT2D eigenvalue weighted by molar-refractivity contribution is -0.123. The van der Waals surface area contributed by atoms with Crippen LogP contribution in [0, 0.1) is 6.92 Å². The summed E-state index contributed by atoms with van der Waals surface area (Å²) in [7, 11) is -0.778. The predicted octanol–water partition coefficient (Wildman–Crippen LogP) is 1.98. The minimum Gasteiger partial charge on any atom is -0.358 e. The largest absolute Gasteiger partial charge is 0.358 e. The number of carbonyl (C=O) groups is 2. The van der Waals surface area contributed by atoms with Crippen LogP contribution < -0.4 is 15.1 Å². The van der Waals surface area contributed by atoms with Crippen LogP contribution >= 0.6 is 0 Å². The van der Waals surface area contributed by atoms with Crippen molar-refractivity contribution in [2.24, 2.45) is 0 Å². The maximum Gasteiger partial charge on any atom is 0.250 e. The smallest absolute Gasteiger partial charge is 0.250 e. The molecule has 0 saturated carbocycles. The quantitative estimate of drug-likeness (QED) is 0.737. The van der Waals surface area contributed by atoms with Gasteiger partial charge in [0, 0.05) is 26.8 Å². The predicted molar refractivity (Wildman–Crippen MR) is 122 cm³/mol. The molecule has 32 heavy (non-hydrogen) atoms. The van der Waals surface area contributed by atoms with Gasteiger partial charge in [0.2, 0.25) is 21.8 Å². The normalized spacial score (nSPS) is 18.4. The Bertz CT molecular complexity index is 1150. The van der Waals surface area contributed by atoms with Gasteiger partial charge in [-0.3, -0.25) is 14.5 Å². The number of aryl methyl sites for hydroxylation is 1. The standard InChI is InChI=1S/C22H27N5O4S/c1-15-7-10-20(23-13-15)24-21(28)14-27-19-12-16(32(30,31)25(2)3)8-9-17(19)26-11-5-4-6-18(26)22(27)29/h7-10,12-13,18H,4-6,11,14H2,1-3H3,(H,23,24,28)/t18-/m0/s1. The molecule has 0 aliphatic carbocycles. The van der Waals surface area contributed by atoms with E-state index in [2.05, 4.69) is 10.3 Å². The highest BCUT2D eigenvalue weighted by molar-refractivity contribution is 7.89. The van der Waals surface area contributed by atoms with Crippen LogP contribution in [0.3, 0.4) is 0 Å². The number of hydrogen-bond acceptors (Lipinski definition) is 6. The number of nitrogens with zero attached hydrogens (tertiary/aromatic N) is 4. The van der Waals surface area contributed by atoms with Crippen molar-refractivity contribution in [3.05, 3.63) is 42.1 Å². The minimum atomic E-state index is -3.70. The Hall–Kier alpha value is -2.98. The first-order valence-electron chi connectivity index (χ1n) is 10.6. The van der Waals surface area contributed by atoms with Gasteiger partial charge in [0.05, 0.1) is 16.3 Å². The molecule has 2 amide bonds. The second-order valence-electron chi connectivity index (χ2n) is 8.34. The van der Waals surface area contributed by atoms with Crippen molar-refractivity contribution in [1.82, 2.24) is 9.29 Å². The zero-order chi connectivity index (χ0) is 23.0. The average Bonchev–Trinajstić information content (AvgIpc) is 2.77. The number of nitrogens with one attached hydrogen (secondary N) is 1. The molecule has 4 rings (SSSR count). The van der Waals surface area contributed by atoms with E-state index in [9.17, 15) is 18.0 Å². The zero-order valence-electron chi connectivity index (χ0n) is 18.4. The Labute approximate surface area is 188 Å². The lowest BCUT2D eigenvalue weighted by atomic mass is 9.96. The van der Waals surface area contributed by atoms with E-state index in [1.54, 1.807) is 24.4 Å². The molecule has 1 atom stereocenters. The lowest BCUT2D eigenvalue weighted by Gasteiger charge is -2.45. The number of rotatable bonds is 5. The highest BCUT2D eigenvalue weighted by atomic mass is 32.2. The number of fused-ring (bicyclic) bond motifs is 3. The van der Waals surface area contributed by atoms with Gasteiger partial charge in [-0.05, 0) is 56.0 Å². The molecule has 2 aromatic rings. The summed E-state index contributed by atoms with van der Waals surface area (Å²) >= 11 is 0. The van der Waals surface area contributed by atoms with Gasteiger partial charge < -0.3 is 10.2 Å². The Morgan fingerprint density at radius 3 is 2.66 bits per heavy atom. The van der Waals surface area contributed by atoms with Crippen LogP contribution in [0.4, 0.5) is 17.2 Å². The van der Waals surface area contributed by atoms with Crippen LogP contribution in [0.5, 0.6) is 0 Å². The zero-order valence-corrected chi connectivity index (χ0v) is 19.2. The summed E-state index contributed by atoms with van der Waals surface area (Å²) in [5.74, 6) is -0.192. The topological polar surface area (TPSA) is 103 Å². The maximum absolute atomic E-state index is 13.4. The van der Waals surface area contributed by atoms with Gasteiger partial charge in [-0.1, -0.05) is 6.07 Å². The third-order valence-electron chi connectivity index (χ3n) is 5.86. The first-order chi connectivity index (χ1) is 15.2. The van der Waals surface area contributed by atoms with Crippen LogP contribution in [0.15, 0.2) is 41.4 Å². The first kappa shape index (κ1) is 22.2. The minimum absolute atomic E-state index is 0.0788. The molecule has 0 radical (unpaired) electrons. The van der Waals surface area contributed by atoms with E-state index in [1.165, 1.54) is 25.1 Å². The molecule has 1 aromatic carbocycles. The SMILES string of the molecule is Cc1ccc(NC(=O)CN2C(=O)[C@@H]3CCCCN3c3ccc(S(=O)(=O)N(C)C)cc32)nc1. The molecular weight excluding hydrogens is 430 g/mol. The maximum atomic E-state index is 13.4. The summed E-state index contributed by atoms with van der Waals surface area (Å²) in [6.45, 7) is 2.39. The van der Waals surface area contributed by atoms with Crippen LogP contribution in [-0.2, 0) is 19.6 Å². The first-order valence-corrected chi connectivity index (χ1v) is 12.0. The fourth-order valence-electron chi connectivity index (χ4n) is 4.14. The van der Waals surface area contributed by atoms with Gasteiger partial charge in [0.25, 0.3) is 0 Å². The van der Waals surface area contributed by atoms with E-state index in [1.807, 2.05) is 17.9 Å². The molecule has 2 aliphatic rings. The molecule has 1 aromatic heterocycles. The molecule has 3 heterocycles. The molecule has 1 saturated heterocycles. The third-order valence-corrected chi connectivity index (χ3v) is 7.67. The highest BCUT2D eigenvalue weighted by Crippen LogP contribution is 2.40. The molecule has 0 bridgehead atoms. The summed E-state index contributed by atoms with van der Waals surface area (Å²) in [6, 6.07) is 7.97. The molecule has 10 heteroatoms. The summed E-state index contributed by atoms with van der Waals surface area (Å²) in [4.78, 5) is 33.9. The Kier molecular flexibility index (Phi) is 5.91. The Balaban J connectivity index is 1.70. The van der Waals surface area contributed by atoms with Crippen molar-refractivity contribution in [1.29, 1.82) is 0 Å². The summed E-state index contributed by atoms with van der Waals surface area (Å²) in [6.07, 6.45) is 4.24. The van der Waals surface area contributed by atoms with E-state index in [0.717, 1.165) is 34.9 Å². The van der Waals surface area contributed by atoms with Crippen molar-refractivity contribution in [2.75, 3.05) is 42.3 Å². The van der Waals surface area contributed by atoms with E-state index < -0.39 is 15.9 Å². The number of hydrogen-bond donors (Lipinski definition) is 1. The van der Waals surface area contributed by atoms with Crippen molar-refractivity contribution in [2.45, 2.75) is 37.1 Å². The van der Waals surface area contributed by atoms with Crippen LogP contribution in [0.1, 0.15) is 24.8 Å². The number of piperidine rings is 1. The molecule has 170 valence electrons. The van der Waals surface area contributed by atoms with Crippen molar-refractivity contribution < 1.29 is 18.0 Å². The van der Waals surface area contributed by atoms with E-state index in [-0.39, 0.29) is 23.4 Å². The number of amides is 2. The number of sulfonamides is 1. The molecular formula is C22H27N5O4S. The second-order valence-corrected chi connectivity index (χ2v) is 10.5. The van der Waals surface area contributed by atoms with Crippen LogP contribution in [0.25, 0.3) is 0 Å².